The Labute approximate surface area is 157 Å². The number of nitrogens with one attached hydrogen (secondary N) is 1. The number of hydrogen-bond acceptors (Lipinski definition) is 2. The lowest BCUT2D eigenvalue weighted by Gasteiger charge is -2.19. The van der Waals surface area contributed by atoms with Gasteiger partial charge in [0.1, 0.15) is 0 Å². The fourth-order valence-electron chi connectivity index (χ4n) is 2.88. The van der Waals surface area contributed by atoms with Crippen LogP contribution in [0.4, 0.5) is 26.3 Å². The van der Waals surface area contributed by atoms with Gasteiger partial charge >= 0.3 is 12.4 Å². The van der Waals surface area contributed by atoms with Crippen LogP contribution in [-0.4, -0.2) is 29.8 Å². The lowest BCUT2D eigenvalue weighted by atomic mass is 10.0. The Kier molecular flexibility index (Phi) is 6.30. The molecule has 28 heavy (non-hydrogen) atoms. The molecule has 1 saturated heterocycles. The number of amides is 2. The number of carbonyl (C=O) groups excluding carboxylic acids is 2. The van der Waals surface area contributed by atoms with Gasteiger partial charge in [-0.05, 0) is 29.7 Å². The van der Waals surface area contributed by atoms with Crippen molar-refractivity contribution in [2.24, 2.45) is 11.8 Å². The zero-order valence-electron chi connectivity index (χ0n) is 15.2. The van der Waals surface area contributed by atoms with Crippen molar-refractivity contribution in [3.05, 3.63) is 34.9 Å². The van der Waals surface area contributed by atoms with E-state index in [0.29, 0.717) is 18.7 Å². The molecule has 1 heterocycles. The summed E-state index contributed by atoms with van der Waals surface area (Å²) in [6, 6.07) is 1.22. The lowest BCUT2D eigenvalue weighted by Crippen LogP contribution is -2.34. The van der Waals surface area contributed by atoms with Crippen molar-refractivity contribution < 1.29 is 35.9 Å². The third-order valence-corrected chi connectivity index (χ3v) is 4.29. The van der Waals surface area contributed by atoms with Gasteiger partial charge in [0.15, 0.2) is 0 Å². The molecular weight excluding hydrogens is 390 g/mol. The van der Waals surface area contributed by atoms with Crippen molar-refractivity contribution in [2.75, 3.05) is 13.1 Å². The number of hydrogen-bond donors (Lipinski definition) is 1. The molecule has 4 nitrogen and oxygen atoms in total. The van der Waals surface area contributed by atoms with E-state index in [1.165, 1.54) is 0 Å². The second-order valence-electron chi connectivity index (χ2n) is 7.23. The largest absolute Gasteiger partial charge is 0.416 e. The van der Waals surface area contributed by atoms with Crippen LogP contribution in [0.5, 0.6) is 0 Å². The van der Waals surface area contributed by atoms with Gasteiger partial charge in [-0.25, -0.2) is 0 Å². The zero-order chi connectivity index (χ0) is 21.3. The molecule has 0 aromatic heterocycles. The van der Waals surface area contributed by atoms with Crippen LogP contribution >= 0.6 is 0 Å². The van der Waals surface area contributed by atoms with Crippen molar-refractivity contribution in [3.8, 4) is 0 Å². The number of benzene rings is 1. The minimum absolute atomic E-state index is 0.0392. The second-order valence-corrected chi connectivity index (χ2v) is 7.23. The van der Waals surface area contributed by atoms with Gasteiger partial charge < -0.3 is 10.2 Å². The van der Waals surface area contributed by atoms with E-state index in [1.54, 1.807) is 0 Å². The van der Waals surface area contributed by atoms with E-state index in [-0.39, 0.29) is 36.4 Å². The van der Waals surface area contributed by atoms with Crippen LogP contribution in [0, 0.1) is 11.8 Å². The summed E-state index contributed by atoms with van der Waals surface area (Å²) in [6.07, 6.45) is -10.0. The Morgan fingerprint density at radius 1 is 1.11 bits per heavy atom. The number of likely N-dealkylation sites (tertiary alicyclic amines) is 1. The number of nitrogens with zero attached hydrogens (tertiary/aromatic N) is 1. The highest BCUT2D eigenvalue weighted by Gasteiger charge is 2.38. The summed E-state index contributed by atoms with van der Waals surface area (Å²) in [7, 11) is 0. The minimum atomic E-state index is -4.95. The maximum atomic E-state index is 12.9. The van der Waals surface area contributed by atoms with Crippen LogP contribution in [-0.2, 0) is 28.5 Å². The first-order valence-electron chi connectivity index (χ1n) is 8.61. The van der Waals surface area contributed by atoms with Gasteiger partial charge in [-0.15, -0.1) is 0 Å². The molecule has 1 fully saturated rings. The van der Waals surface area contributed by atoms with Gasteiger partial charge in [0, 0.05) is 26.1 Å². The molecule has 2 rings (SSSR count). The molecule has 0 aliphatic carbocycles. The fourth-order valence-corrected chi connectivity index (χ4v) is 2.88. The Morgan fingerprint density at radius 3 is 2.11 bits per heavy atom. The molecule has 1 aliphatic rings. The SMILES string of the molecule is CC(C)CNC(=O)C1CC(=O)N(Cc2cc(C(F)(F)F)cc(C(F)(F)F)c2)C1. The zero-order valence-corrected chi connectivity index (χ0v) is 15.2. The van der Waals surface area contributed by atoms with E-state index < -0.39 is 41.8 Å². The molecule has 0 spiro atoms. The van der Waals surface area contributed by atoms with E-state index in [2.05, 4.69) is 5.32 Å². The van der Waals surface area contributed by atoms with Crippen molar-refractivity contribution >= 4 is 11.8 Å². The van der Waals surface area contributed by atoms with E-state index in [4.69, 9.17) is 0 Å². The monoisotopic (exact) mass is 410 g/mol. The molecule has 1 aliphatic heterocycles. The molecule has 0 bridgehead atoms. The van der Waals surface area contributed by atoms with Crippen LogP contribution in [0.25, 0.3) is 0 Å². The summed E-state index contributed by atoms with van der Waals surface area (Å²) in [5, 5.41) is 2.67. The number of carbonyl (C=O) groups is 2. The summed E-state index contributed by atoms with van der Waals surface area (Å²) in [6.45, 7) is 3.70. The average molecular weight is 410 g/mol. The Morgan fingerprint density at radius 2 is 1.64 bits per heavy atom. The standard InChI is InChI=1S/C18H20F6N2O2/c1-10(2)7-25-16(28)12-5-15(27)26(9-12)8-11-3-13(17(19,20)21)6-14(4-11)18(22,23)24/h3-4,6,10,12H,5,7-9H2,1-2H3,(H,25,28). The van der Waals surface area contributed by atoms with Gasteiger partial charge in [-0.3, -0.25) is 9.59 Å². The van der Waals surface area contributed by atoms with Crippen molar-refractivity contribution in [3.63, 3.8) is 0 Å². The number of alkyl halides is 6. The first-order valence-corrected chi connectivity index (χ1v) is 8.61. The predicted molar refractivity (Wildman–Crippen MR) is 87.8 cm³/mol. The number of halogens is 6. The minimum Gasteiger partial charge on any atom is -0.356 e. The fraction of sp³-hybridized carbons (Fsp3) is 0.556. The first-order chi connectivity index (χ1) is 12.8. The summed E-state index contributed by atoms with van der Waals surface area (Å²) in [5.74, 6) is -1.33. The molecule has 1 aromatic rings. The molecule has 1 aromatic carbocycles. The van der Waals surface area contributed by atoms with Gasteiger partial charge in [0.05, 0.1) is 17.0 Å². The average Bonchev–Trinajstić information content (AvgIpc) is 2.91. The highest BCUT2D eigenvalue weighted by atomic mass is 19.4. The van der Waals surface area contributed by atoms with Gasteiger partial charge in [0.25, 0.3) is 0 Å². The third-order valence-electron chi connectivity index (χ3n) is 4.29. The molecule has 1 N–H and O–H groups in total. The second kappa shape index (κ2) is 8.00. The summed E-state index contributed by atoms with van der Waals surface area (Å²) in [4.78, 5) is 25.3. The summed E-state index contributed by atoms with van der Waals surface area (Å²) >= 11 is 0. The summed E-state index contributed by atoms with van der Waals surface area (Å²) in [5.41, 5.74) is -3.16. The Hall–Kier alpha value is -2.26. The lowest BCUT2D eigenvalue weighted by molar-refractivity contribution is -0.143. The van der Waals surface area contributed by atoms with Crippen molar-refractivity contribution in [1.29, 1.82) is 0 Å². The molecule has 1 atom stereocenters. The van der Waals surface area contributed by atoms with Gasteiger partial charge in [-0.1, -0.05) is 13.8 Å². The number of rotatable bonds is 5. The molecule has 156 valence electrons. The highest BCUT2D eigenvalue weighted by Crippen LogP contribution is 2.36. The highest BCUT2D eigenvalue weighted by molar-refractivity contribution is 5.89. The topological polar surface area (TPSA) is 49.4 Å². The molecule has 1 unspecified atom stereocenters. The predicted octanol–water partition coefficient (Wildman–Crippen LogP) is 3.84. The van der Waals surface area contributed by atoms with Crippen molar-refractivity contribution in [1.82, 2.24) is 10.2 Å². The maximum absolute atomic E-state index is 12.9. The normalized spacial score (nSPS) is 18.1. The molecule has 2 amide bonds. The molecular formula is C18H20F6N2O2. The molecule has 0 radical (unpaired) electrons. The van der Waals surface area contributed by atoms with Crippen LogP contribution in [0.1, 0.15) is 37.0 Å². The van der Waals surface area contributed by atoms with E-state index >= 15 is 0 Å². The smallest absolute Gasteiger partial charge is 0.356 e. The Bertz CT molecular complexity index is 710. The van der Waals surface area contributed by atoms with E-state index in [9.17, 15) is 35.9 Å². The van der Waals surface area contributed by atoms with Gasteiger partial charge in [-0.2, -0.15) is 26.3 Å². The summed E-state index contributed by atoms with van der Waals surface area (Å²) < 4.78 is 77.7. The molecule has 0 saturated carbocycles. The quantitative estimate of drug-likeness (QED) is 0.750. The van der Waals surface area contributed by atoms with Crippen LogP contribution in [0.15, 0.2) is 18.2 Å². The van der Waals surface area contributed by atoms with Gasteiger partial charge in [0.2, 0.25) is 11.8 Å². The molecule has 10 heteroatoms. The van der Waals surface area contributed by atoms with Crippen LogP contribution in [0.2, 0.25) is 0 Å². The maximum Gasteiger partial charge on any atom is 0.416 e. The third kappa shape index (κ3) is 5.62. The van der Waals surface area contributed by atoms with Crippen LogP contribution < -0.4 is 5.32 Å². The van der Waals surface area contributed by atoms with Crippen LogP contribution in [0.3, 0.4) is 0 Å². The van der Waals surface area contributed by atoms with E-state index in [0.717, 1.165) is 4.90 Å². The first kappa shape index (κ1) is 22.0. The Balaban J connectivity index is 2.18. The van der Waals surface area contributed by atoms with Crippen molar-refractivity contribution in [2.45, 2.75) is 39.2 Å². The van der Waals surface area contributed by atoms with E-state index in [1.807, 2.05) is 13.8 Å².